The lowest BCUT2D eigenvalue weighted by Crippen LogP contribution is -2.28. The summed E-state index contributed by atoms with van der Waals surface area (Å²) in [6.07, 6.45) is 0. The molecular weight excluding hydrogens is 318 g/mol. The molecule has 0 radical (unpaired) electrons. The van der Waals surface area contributed by atoms with Crippen molar-refractivity contribution in [2.45, 2.75) is 0 Å². The summed E-state index contributed by atoms with van der Waals surface area (Å²) in [6.45, 7) is 0. The number of carbonyl (C=O) groups is 2. The van der Waals surface area contributed by atoms with Gasteiger partial charge in [-0.25, -0.2) is 9.79 Å². The van der Waals surface area contributed by atoms with Gasteiger partial charge in [0.15, 0.2) is 0 Å². The number of nitrogens with zero attached hydrogens (tertiary/aromatic N) is 1. The average molecular weight is 328 g/mol. The Labute approximate surface area is 136 Å². The maximum absolute atomic E-state index is 12.6. The monoisotopic (exact) mass is 327 g/mol. The number of carboxylic acids is 1. The number of aliphatic hydroxyl groups is 1. The van der Waals surface area contributed by atoms with Crippen LogP contribution in [0.3, 0.4) is 0 Å². The van der Waals surface area contributed by atoms with E-state index in [0.29, 0.717) is 10.7 Å². The van der Waals surface area contributed by atoms with Crippen LogP contribution >= 0.6 is 11.6 Å². The van der Waals surface area contributed by atoms with Gasteiger partial charge >= 0.3 is 5.97 Å². The molecule has 2 aromatic carbocycles. The minimum Gasteiger partial charge on any atom is -0.506 e. The number of carbonyl (C=O) groups excluding carboxylic acids is 1. The second-order valence-electron chi connectivity index (χ2n) is 4.84. The van der Waals surface area contributed by atoms with Crippen molar-refractivity contribution in [1.82, 2.24) is 0 Å². The molecule has 3 rings (SSSR count). The summed E-state index contributed by atoms with van der Waals surface area (Å²) in [7, 11) is 0. The number of fused-ring (bicyclic) bond motifs is 1. The molecule has 0 spiro atoms. The van der Waals surface area contributed by atoms with Crippen LogP contribution < -0.4 is 0 Å². The first-order valence-electron chi connectivity index (χ1n) is 6.64. The van der Waals surface area contributed by atoms with Gasteiger partial charge in [0.2, 0.25) is 5.78 Å². The average Bonchev–Trinajstić information content (AvgIpc) is 2.52. The zero-order valence-corrected chi connectivity index (χ0v) is 12.4. The van der Waals surface area contributed by atoms with Gasteiger partial charge in [-0.2, -0.15) is 0 Å². The van der Waals surface area contributed by atoms with Crippen LogP contribution in [0.25, 0.3) is 5.76 Å². The summed E-state index contributed by atoms with van der Waals surface area (Å²) in [4.78, 5) is 28.2. The predicted molar refractivity (Wildman–Crippen MR) is 86.5 cm³/mol. The van der Waals surface area contributed by atoms with Crippen molar-refractivity contribution in [3.63, 3.8) is 0 Å². The molecule has 6 heteroatoms. The van der Waals surface area contributed by atoms with Crippen molar-refractivity contribution in [3.8, 4) is 0 Å². The molecule has 2 N–H and O–H groups in total. The maximum Gasteiger partial charge on any atom is 0.341 e. The number of aliphatic imine (C=N–C) groups is 1. The Morgan fingerprint density at radius 1 is 1.04 bits per heavy atom. The van der Waals surface area contributed by atoms with E-state index in [9.17, 15) is 19.8 Å². The Morgan fingerprint density at radius 3 is 2.39 bits per heavy atom. The molecule has 0 amide bonds. The van der Waals surface area contributed by atoms with Crippen LogP contribution in [0.15, 0.2) is 59.1 Å². The van der Waals surface area contributed by atoms with Crippen molar-refractivity contribution < 1.29 is 19.8 Å². The number of halogens is 1. The molecule has 0 saturated heterocycles. The quantitative estimate of drug-likeness (QED) is 0.881. The van der Waals surface area contributed by atoms with Gasteiger partial charge in [0.1, 0.15) is 17.0 Å². The highest BCUT2D eigenvalue weighted by molar-refractivity contribution is 6.59. The smallest absolute Gasteiger partial charge is 0.341 e. The van der Waals surface area contributed by atoms with Gasteiger partial charge in [-0.05, 0) is 18.2 Å². The molecular formula is C17H10ClNO4. The second-order valence-corrected chi connectivity index (χ2v) is 5.28. The fourth-order valence-electron chi connectivity index (χ4n) is 2.36. The molecule has 5 nitrogen and oxygen atoms in total. The highest BCUT2D eigenvalue weighted by atomic mass is 35.5. The molecule has 23 heavy (non-hydrogen) atoms. The minimum absolute atomic E-state index is 0.181. The van der Waals surface area contributed by atoms with Crippen LogP contribution in [-0.4, -0.2) is 27.7 Å². The van der Waals surface area contributed by atoms with E-state index in [-0.39, 0.29) is 16.8 Å². The van der Waals surface area contributed by atoms with Crippen LogP contribution in [0, 0.1) is 0 Å². The van der Waals surface area contributed by atoms with Crippen LogP contribution in [0.2, 0.25) is 5.02 Å². The number of hydrogen-bond acceptors (Lipinski definition) is 4. The molecule has 2 aromatic rings. The van der Waals surface area contributed by atoms with Gasteiger partial charge in [-0.3, -0.25) is 4.79 Å². The van der Waals surface area contributed by atoms with E-state index < -0.39 is 23.1 Å². The molecule has 0 aliphatic heterocycles. The fraction of sp³-hybridized carbons (Fsp3) is 0. The third-order valence-electron chi connectivity index (χ3n) is 3.38. The highest BCUT2D eigenvalue weighted by Crippen LogP contribution is 2.30. The lowest BCUT2D eigenvalue weighted by Gasteiger charge is -2.18. The molecule has 0 heterocycles. The first-order chi connectivity index (χ1) is 11.0. The number of carboxylic acid groups (broad SMARTS) is 1. The summed E-state index contributed by atoms with van der Waals surface area (Å²) in [5.41, 5.74) is -0.132. The molecule has 0 saturated carbocycles. The van der Waals surface area contributed by atoms with E-state index in [0.717, 1.165) is 0 Å². The SMILES string of the molecule is O=C(O)C1=C(O)c2ccccc2C(=O)C1=Nc1cccc(Cl)c1. The molecule has 0 atom stereocenters. The van der Waals surface area contributed by atoms with Gasteiger partial charge < -0.3 is 10.2 Å². The van der Waals surface area contributed by atoms with Crippen LogP contribution in [-0.2, 0) is 4.79 Å². The van der Waals surface area contributed by atoms with Crippen molar-refractivity contribution in [3.05, 3.63) is 70.3 Å². The lowest BCUT2D eigenvalue weighted by atomic mass is 9.87. The Hall–Kier alpha value is -2.92. The van der Waals surface area contributed by atoms with Crippen molar-refractivity contribution >= 4 is 40.5 Å². The number of benzene rings is 2. The minimum atomic E-state index is -1.42. The van der Waals surface area contributed by atoms with Gasteiger partial charge in [0.05, 0.1) is 5.69 Å². The normalized spacial score (nSPS) is 15.7. The molecule has 0 unspecified atom stereocenters. The maximum atomic E-state index is 12.6. The molecule has 1 aliphatic carbocycles. The topological polar surface area (TPSA) is 87.0 Å². The third-order valence-corrected chi connectivity index (χ3v) is 3.61. The largest absolute Gasteiger partial charge is 0.506 e. The Bertz CT molecular complexity index is 899. The van der Waals surface area contributed by atoms with E-state index in [4.69, 9.17) is 11.6 Å². The number of aliphatic carboxylic acids is 1. The van der Waals surface area contributed by atoms with E-state index in [1.165, 1.54) is 18.2 Å². The molecule has 114 valence electrons. The van der Waals surface area contributed by atoms with Crippen molar-refractivity contribution in [2.75, 3.05) is 0 Å². The van der Waals surface area contributed by atoms with Crippen LogP contribution in [0.5, 0.6) is 0 Å². The van der Waals surface area contributed by atoms with Gasteiger partial charge in [0.25, 0.3) is 0 Å². The first-order valence-corrected chi connectivity index (χ1v) is 7.02. The summed E-state index contributed by atoms with van der Waals surface area (Å²) in [5.74, 6) is -2.46. The predicted octanol–water partition coefficient (Wildman–Crippen LogP) is 3.66. The Balaban J connectivity index is 2.26. The zero-order valence-electron chi connectivity index (χ0n) is 11.7. The highest BCUT2D eigenvalue weighted by Gasteiger charge is 2.34. The van der Waals surface area contributed by atoms with E-state index >= 15 is 0 Å². The number of aliphatic hydroxyl groups excluding tert-OH is 1. The first kappa shape index (κ1) is 15.0. The van der Waals surface area contributed by atoms with Crippen molar-refractivity contribution in [1.29, 1.82) is 0 Å². The van der Waals surface area contributed by atoms with Crippen LogP contribution in [0.1, 0.15) is 15.9 Å². The number of rotatable bonds is 2. The summed E-state index contributed by atoms with van der Waals surface area (Å²) in [5, 5.41) is 20.0. The van der Waals surface area contributed by atoms with Gasteiger partial charge in [0, 0.05) is 16.1 Å². The number of hydrogen-bond donors (Lipinski definition) is 2. The summed E-state index contributed by atoms with van der Waals surface area (Å²) in [6, 6.07) is 12.6. The van der Waals surface area contributed by atoms with E-state index in [1.54, 1.807) is 30.3 Å². The Morgan fingerprint density at radius 2 is 1.74 bits per heavy atom. The molecule has 1 aliphatic rings. The second kappa shape index (κ2) is 5.70. The zero-order chi connectivity index (χ0) is 16.6. The summed E-state index contributed by atoms with van der Waals surface area (Å²) >= 11 is 5.88. The number of ketones is 1. The van der Waals surface area contributed by atoms with Crippen LogP contribution in [0.4, 0.5) is 5.69 Å². The summed E-state index contributed by atoms with van der Waals surface area (Å²) < 4.78 is 0. The molecule has 0 fully saturated rings. The van der Waals surface area contributed by atoms with Gasteiger partial charge in [-0.15, -0.1) is 0 Å². The van der Waals surface area contributed by atoms with E-state index in [2.05, 4.69) is 4.99 Å². The fourth-order valence-corrected chi connectivity index (χ4v) is 2.54. The van der Waals surface area contributed by atoms with Crippen molar-refractivity contribution in [2.24, 2.45) is 4.99 Å². The van der Waals surface area contributed by atoms with Gasteiger partial charge in [-0.1, -0.05) is 41.9 Å². The third kappa shape index (κ3) is 2.62. The Kier molecular flexibility index (Phi) is 3.72. The van der Waals surface area contributed by atoms with E-state index in [1.807, 2.05) is 0 Å². The number of Topliss-reactive ketones (excluding diaryl/α,β-unsaturated/α-hetero) is 1. The molecule has 0 bridgehead atoms. The lowest BCUT2D eigenvalue weighted by molar-refractivity contribution is -0.132. The molecule has 0 aromatic heterocycles. The standard InChI is InChI=1S/C17H10ClNO4/c18-9-4-3-5-10(8-9)19-14-13(17(22)23)15(20)11-6-1-2-7-12(11)16(14)21/h1-8,20H,(H,22,23).